The molecule has 19 heavy (non-hydrogen) atoms. The molecular formula is C15H25N3O. The van der Waals surface area contributed by atoms with Crippen molar-refractivity contribution in [3.63, 3.8) is 0 Å². The Balaban J connectivity index is 1.75. The molecule has 0 aliphatic carbocycles. The minimum absolute atomic E-state index is 0.801. The molecule has 0 atom stereocenters. The first-order valence-corrected chi connectivity index (χ1v) is 7.16. The first-order chi connectivity index (χ1) is 9.31. The summed E-state index contributed by atoms with van der Waals surface area (Å²) in [7, 11) is 1.75. The predicted molar refractivity (Wildman–Crippen MR) is 78.7 cm³/mol. The molecule has 1 aliphatic heterocycles. The number of aromatic nitrogens is 1. The molecule has 1 saturated heterocycles. The van der Waals surface area contributed by atoms with Crippen LogP contribution in [0.25, 0.3) is 0 Å². The molecule has 1 aromatic heterocycles. The average molecular weight is 263 g/mol. The summed E-state index contributed by atoms with van der Waals surface area (Å²) < 4.78 is 5.04. The van der Waals surface area contributed by atoms with E-state index in [1.165, 1.54) is 24.1 Å². The first kappa shape index (κ1) is 14.3. The SMILES string of the molecule is COCCNCC1CCN(c2ccncc2C)CC1. The van der Waals surface area contributed by atoms with Crippen molar-refractivity contribution in [2.24, 2.45) is 5.92 Å². The third-order valence-electron chi connectivity index (χ3n) is 3.86. The molecule has 0 amide bonds. The van der Waals surface area contributed by atoms with Crippen LogP contribution in [0.5, 0.6) is 0 Å². The summed E-state index contributed by atoms with van der Waals surface area (Å²) in [5, 5.41) is 3.47. The Kier molecular flexibility index (Phi) is 5.61. The Bertz CT molecular complexity index is 375. The van der Waals surface area contributed by atoms with E-state index in [1.54, 1.807) is 7.11 Å². The fourth-order valence-electron chi connectivity index (χ4n) is 2.68. The van der Waals surface area contributed by atoms with Crippen LogP contribution in [0.1, 0.15) is 18.4 Å². The molecule has 1 fully saturated rings. The zero-order valence-electron chi connectivity index (χ0n) is 12.1. The molecule has 4 nitrogen and oxygen atoms in total. The lowest BCUT2D eigenvalue weighted by molar-refractivity contribution is 0.197. The normalized spacial score (nSPS) is 16.8. The van der Waals surface area contributed by atoms with Crippen LogP contribution >= 0.6 is 0 Å². The number of ether oxygens (including phenoxy) is 1. The van der Waals surface area contributed by atoms with Gasteiger partial charge in [-0.1, -0.05) is 0 Å². The Morgan fingerprint density at radius 1 is 1.42 bits per heavy atom. The molecular weight excluding hydrogens is 238 g/mol. The molecule has 4 heteroatoms. The summed E-state index contributed by atoms with van der Waals surface area (Å²) in [6, 6.07) is 2.13. The summed E-state index contributed by atoms with van der Waals surface area (Å²) >= 11 is 0. The number of nitrogens with one attached hydrogen (secondary N) is 1. The van der Waals surface area contributed by atoms with E-state index in [1.807, 2.05) is 12.4 Å². The third kappa shape index (κ3) is 4.18. The van der Waals surface area contributed by atoms with Crippen LogP contribution in [0.2, 0.25) is 0 Å². The van der Waals surface area contributed by atoms with Gasteiger partial charge in [-0.15, -0.1) is 0 Å². The highest BCUT2D eigenvalue weighted by atomic mass is 16.5. The molecule has 1 N–H and O–H groups in total. The molecule has 0 saturated carbocycles. The van der Waals surface area contributed by atoms with Crippen molar-refractivity contribution in [2.75, 3.05) is 44.8 Å². The van der Waals surface area contributed by atoms with Gasteiger partial charge in [-0.3, -0.25) is 4.98 Å². The molecule has 0 bridgehead atoms. The van der Waals surface area contributed by atoms with E-state index >= 15 is 0 Å². The second-order valence-electron chi connectivity index (χ2n) is 5.29. The first-order valence-electron chi connectivity index (χ1n) is 7.16. The summed E-state index contributed by atoms with van der Waals surface area (Å²) in [5.74, 6) is 0.801. The lowest BCUT2D eigenvalue weighted by Crippen LogP contribution is -2.38. The number of hydrogen-bond acceptors (Lipinski definition) is 4. The Morgan fingerprint density at radius 3 is 2.89 bits per heavy atom. The van der Waals surface area contributed by atoms with Crippen molar-refractivity contribution in [3.8, 4) is 0 Å². The summed E-state index contributed by atoms with van der Waals surface area (Å²) in [4.78, 5) is 6.65. The maximum atomic E-state index is 5.04. The minimum Gasteiger partial charge on any atom is -0.383 e. The van der Waals surface area contributed by atoms with Crippen molar-refractivity contribution >= 4 is 5.69 Å². The number of methoxy groups -OCH3 is 1. The molecule has 2 rings (SSSR count). The van der Waals surface area contributed by atoms with Gasteiger partial charge in [0.15, 0.2) is 0 Å². The average Bonchev–Trinajstić information content (AvgIpc) is 2.45. The number of anilines is 1. The van der Waals surface area contributed by atoms with E-state index in [0.29, 0.717) is 0 Å². The van der Waals surface area contributed by atoms with Crippen molar-refractivity contribution in [2.45, 2.75) is 19.8 Å². The van der Waals surface area contributed by atoms with Crippen LogP contribution in [-0.2, 0) is 4.74 Å². The number of aryl methyl sites for hydroxylation is 1. The highest BCUT2D eigenvalue weighted by Gasteiger charge is 2.19. The van der Waals surface area contributed by atoms with E-state index in [0.717, 1.165) is 38.7 Å². The van der Waals surface area contributed by atoms with Gasteiger partial charge in [0.25, 0.3) is 0 Å². The summed E-state index contributed by atoms with van der Waals surface area (Å²) in [6.45, 7) is 7.32. The highest BCUT2D eigenvalue weighted by Crippen LogP contribution is 2.24. The topological polar surface area (TPSA) is 37.4 Å². The van der Waals surface area contributed by atoms with Crippen LogP contribution in [0.15, 0.2) is 18.5 Å². The number of hydrogen-bond donors (Lipinski definition) is 1. The quantitative estimate of drug-likeness (QED) is 0.795. The van der Waals surface area contributed by atoms with Crippen molar-refractivity contribution in [1.82, 2.24) is 10.3 Å². The lowest BCUT2D eigenvalue weighted by Gasteiger charge is -2.34. The molecule has 0 radical (unpaired) electrons. The van der Waals surface area contributed by atoms with Crippen LogP contribution in [0, 0.1) is 12.8 Å². The second-order valence-corrected chi connectivity index (χ2v) is 5.29. The predicted octanol–water partition coefficient (Wildman–Crippen LogP) is 1.84. The molecule has 1 aliphatic rings. The zero-order valence-corrected chi connectivity index (χ0v) is 12.1. The van der Waals surface area contributed by atoms with E-state index in [4.69, 9.17) is 4.74 Å². The van der Waals surface area contributed by atoms with Crippen LogP contribution in [-0.4, -0.2) is 44.9 Å². The van der Waals surface area contributed by atoms with E-state index in [2.05, 4.69) is 28.2 Å². The largest absolute Gasteiger partial charge is 0.383 e. The Labute approximate surface area is 116 Å². The molecule has 0 aromatic carbocycles. The van der Waals surface area contributed by atoms with Gasteiger partial charge in [0.2, 0.25) is 0 Å². The molecule has 106 valence electrons. The van der Waals surface area contributed by atoms with Gasteiger partial charge >= 0.3 is 0 Å². The van der Waals surface area contributed by atoms with Gasteiger partial charge < -0.3 is 15.0 Å². The van der Waals surface area contributed by atoms with E-state index in [-0.39, 0.29) is 0 Å². The number of rotatable bonds is 6. The van der Waals surface area contributed by atoms with Crippen molar-refractivity contribution < 1.29 is 4.74 Å². The van der Waals surface area contributed by atoms with Crippen LogP contribution in [0.3, 0.4) is 0 Å². The molecule has 1 aromatic rings. The van der Waals surface area contributed by atoms with E-state index in [9.17, 15) is 0 Å². The lowest BCUT2D eigenvalue weighted by atomic mass is 9.96. The smallest absolute Gasteiger partial charge is 0.0587 e. The fraction of sp³-hybridized carbons (Fsp3) is 0.667. The number of piperidine rings is 1. The maximum absolute atomic E-state index is 5.04. The third-order valence-corrected chi connectivity index (χ3v) is 3.86. The standard InChI is InChI=1S/C15H25N3O/c1-13-11-16-6-3-15(13)18-8-4-14(5-9-18)12-17-7-10-19-2/h3,6,11,14,17H,4-5,7-10,12H2,1-2H3. The summed E-state index contributed by atoms with van der Waals surface area (Å²) in [6.07, 6.45) is 6.37. The molecule has 0 spiro atoms. The second kappa shape index (κ2) is 7.46. The van der Waals surface area contributed by atoms with Gasteiger partial charge in [-0.25, -0.2) is 0 Å². The highest BCUT2D eigenvalue weighted by molar-refractivity contribution is 5.51. The fourth-order valence-corrected chi connectivity index (χ4v) is 2.68. The van der Waals surface area contributed by atoms with Gasteiger partial charge in [-0.2, -0.15) is 0 Å². The van der Waals surface area contributed by atoms with Crippen molar-refractivity contribution in [3.05, 3.63) is 24.0 Å². The van der Waals surface area contributed by atoms with Crippen molar-refractivity contribution in [1.29, 1.82) is 0 Å². The molecule has 2 heterocycles. The van der Waals surface area contributed by atoms with Gasteiger partial charge in [0, 0.05) is 44.8 Å². The maximum Gasteiger partial charge on any atom is 0.0587 e. The van der Waals surface area contributed by atoms with Gasteiger partial charge in [0.1, 0.15) is 0 Å². The monoisotopic (exact) mass is 263 g/mol. The van der Waals surface area contributed by atoms with Gasteiger partial charge in [-0.05, 0) is 43.9 Å². The minimum atomic E-state index is 0.801. The Morgan fingerprint density at radius 2 is 2.21 bits per heavy atom. The van der Waals surface area contributed by atoms with Gasteiger partial charge in [0.05, 0.1) is 6.61 Å². The number of nitrogens with zero attached hydrogens (tertiary/aromatic N) is 2. The summed E-state index contributed by atoms with van der Waals surface area (Å²) in [5.41, 5.74) is 2.62. The number of pyridine rings is 1. The molecule has 0 unspecified atom stereocenters. The van der Waals surface area contributed by atoms with E-state index < -0.39 is 0 Å². The van der Waals surface area contributed by atoms with Crippen LogP contribution in [0.4, 0.5) is 5.69 Å². The zero-order chi connectivity index (χ0) is 13.5. The Hall–Kier alpha value is -1.13. The van der Waals surface area contributed by atoms with Crippen LogP contribution < -0.4 is 10.2 Å².